The second-order valence-electron chi connectivity index (χ2n) is 36.6. The van der Waals surface area contributed by atoms with Crippen LogP contribution in [0.15, 0.2) is 191 Å². The van der Waals surface area contributed by atoms with E-state index in [1.165, 1.54) is 38.5 Å². The first-order chi connectivity index (χ1) is 64.1. The second kappa shape index (κ2) is 37.8. The van der Waals surface area contributed by atoms with Gasteiger partial charge in [-0.3, -0.25) is 56.4 Å². The average Bonchev–Trinajstić information content (AvgIpc) is 1.29. The van der Waals surface area contributed by atoms with E-state index in [9.17, 15) is 24.3 Å². The first-order valence-corrected chi connectivity index (χ1v) is 47.4. The number of imidazole rings is 4. The third kappa shape index (κ3) is 18.1. The molecule has 2 atom stereocenters. The number of β-amino-alcohol motifs (C(OH)–C–C–N with tert-alkyl or cyclic N) is 2. The molecule has 6 fully saturated rings. The summed E-state index contributed by atoms with van der Waals surface area (Å²) >= 11 is 0. The average molecular weight is 1780 g/mol. The fraction of sp³-hybridized carbons (Fsp3) is 0.412. The van der Waals surface area contributed by atoms with Gasteiger partial charge in [0.05, 0.1) is 81.5 Å². The van der Waals surface area contributed by atoms with Crippen LogP contribution in [0, 0.1) is 27.7 Å². The molecule has 4 aliphatic heterocycles. The summed E-state index contributed by atoms with van der Waals surface area (Å²) in [6, 6.07) is 33.4. The highest BCUT2D eigenvalue weighted by molar-refractivity contribution is 5.72. The number of fused-ring (bicyclic) bond motifs is 8. The molecule has 2 saturated carbocycles. The Bertz CT molecular complexity index is 7240. The Kier molecular flexibility index (Phi) is 25.3. The van der Waals surface area contributed by atoms with E-state index in [2.05, 4.69) is 137 Å². The maximum Gasteiger partial charge on any atom is 0.258 e. The smallest absolute Gasteiger partial charge is 0.258 e. The molecule has 2 aliphatic carbocycles. The van der Waals surface area contributed by atoms with Crippen LogP contribution in [0.25, 0.3) is 90.2 Å². The van der Waals surface area contributed by atoms with Crippen LogP contribution in [0.2, 0.25) is 0 Å². The molecule has 2 N–H and O–H groups in total. The molecule has 22 rings (SSSR count). The van der Waals surface area contributed by atoms with Crippen LogP contribution in [0.1, 0.15) is 125 Å². The topological polar surface area (TPSA) is 273 Å². The lowest BCUT2D eigenvalue weighted by atomic mass is 9.89. The fourth-order valence-electron chi connectivity index (χ4n) is 20.1. The molecule has 4 saturated heterocycles. The van der Waals surface area contributed by atoms with E-state index < -0.39 is 0 Å². The van der Waals surface area contributed by atoms with Gasteiger partial charge in [0.25, 0.3) is 22.2 Å². The molecule has 0 unspecified atom stereocenters. The molecule has 6 aliphatic rings. The van der Waals surface area contributed by atoms with E-state index in [4.69, 9.17) is 25.0 Å². The third-order valence-electron chi connectivity index (χ3n) is 27.8. The third-order valence-corrected chi connectivity index (χ3v) is 27.8. The van der Waals surface area contributed by atoms with Crippen LogP contribution >= 0.6 is 0 Å². The number of piperazine rings is 4. The molecule has 30 nitrogen and oxygen atoms in total. The molecule has 0 aromatic carbocycles. The summed E-state index contributed by atoms with van der Waals surface area (Å²) in [4.78, 5) is 109. The van der Waals surface area contributed by atoms with Crippen LogP contribution in [-0.4, -0.2) is 247 Å². The molecule has 30 heteroatoms. The molecular weight excluding hydrogens is 1660 g/mol. The maximum atomic E-state index is 13.2. The van der Waals surface area contributed by atoms with Crippen LogP contribution in [0.4, 0.5) is 22.7 Å². The van der Waals surface area contributed by atoms with Gasteiger partial charge < -0.3 is 47.4 Å². The van der Waals surface area contributed by atoms with E-state index in [0.29, 0.717) is 70.5 Å². The summed E-state index contributed by atoms with van der Waals surface area (Å²) < 4.78 is 14.7. The predicted octanol–water partition coefficient (Wildman–Crippen LogP) is 11.9. The van der Waals surface area contributed by atoms with Crippen molar-refractivity contribution in [3.8, 4) is 45.0 Å². The Morgan fingerprint density at radius 1 is 0.326 bits per heavy atom. The minimum absolute atomic E-state index is 0.0510. The summed E-state index contributed by atoms with van der Waals surface area (Å²) in [5, 5.41) is 18.4. The number of aromatic nitrogens is 16. The lowest BCUT2D eigenvalue weighted by molar-refractivity contribution is 0.0775. The van der Waals surface area contributed by atoms with Gasteiger partial charge in [0.2, 0.25) is 0 Å². The summed E-state index contributed by atoms with van der Waals surface area (Å²) in [6.45, 7) is 36.2. The van der Waals surface area contributed by atoms with Crippen molar-refractivity contribution in [1.82, 2.24) is 94.7 Å². The molecule has 0 bridgehead atoms. The van der Waals surface area contributed by atoms with Crippen molar-refractivity contribution in [3.63, 3.8) is 0 Å². The number of rotatable bonds is 18. The quantitative estimate of drug-likeness (QED) is 0.0808. The highest BCUT2D eigenvalue weighted by Gasteiger charge is 2.34. The number of hydrogen-bond acceptors (Lipinski definition) is 22. The first kappa shape index (κ1) is 88.4. The second-order valence-corrected chi connectivity index (χ2v) is 36.6. The Balaban J connectivity index is 0.000000114. The van der Waals surface area contributed by atoms with Gasteiger partial charge in [-0.15, -0.1) is 0 Å². The fourth-order valence-corrected chi connectivity index (χ4v) is 20.1. The predicted molar refractivity (Wildman–Crippen MR) is 523 cm³/mol. The van der Waals surface area contributed by atoms with Gasteiger partial charge in [-0.2, -0.15) is 0 Å². The van der Waals surface area contributed by atoms with Crippen molar-refractivity contribution in [2.24, 2.45) is 0 Å². The molecule has 20 heterocycles. The van der Waals surface area contributed by atoms with Gasteiger partial charge in [0.1, 0.15) is 45.2 Å². The molecule has 16 aromatic heterocycles. The monoisotopic (exact) mass is 1780 g/mol. The summed E-state index contributed by atoms with van der Waals surface area (Å²) in [5.41, 5.74) is 25.3. The largest absolute Gasteiger partial charge is 0.395 e. The highest BCUT2D eigenvalue weighted by atomic mass is 16.3. The number of aliphatic hydroxyl groups is 2. The van der Waals surface area contributed by atoms with Crippen molar-refractivity contribution in [2.45, 2.75) is 158 Å². The van der Waals surface area contributed by atoms with E-state index in [1.54, 1.807) is 41.9 Å². The molecule has 0 radical (unpaired) electrons. The van der Waals surface area contributed by atoms with E-state index >= 15 is 0 Å². The van der Waals surface area contributed by atoms with Gasteiger partial charge in [-0.05, 0) is 188 Å². The zero-order valence-corrected chi connectivity index (χ0v) is 77.5. The standard InChI is InChI=1S/C27H32N6O.C26H30N6O.C25H30N6O2.C24H28N6O2/c1-4-20-12-21(16-31-14-18(2)28-27(20)31)24-13-26(34)33-17-23(8-9-25(33)29-24)30-10-11-32(19(3)15-30)22-6-5-7-22;1-3-19-13-20(16-31-15-18(2)27-26(19)31)23-14-25(33)32-17-22(7-8-24(32)28-23)30-11-9-29(10-12-30)21-5-4-6-21;1-4-19-11-20(15-30-13-17(2)26-25(19)30)22-12-24(33)31-16-21(5-6-23(31)27-22)29-8-7-28(9-10-32)18(3)14-29;1-3-18-12-19(15-29-14-17(2)25-24(18)29)21-13-23(32)30-16-20(4-5-22(30)26-21)28-8-6-27(7-9-28)10-11-31/h8-9,12-14,16-17,19,22H,4-7,10-11,15H2,1-3H3;7-8,13-17,21H,3-6,9-12H2,1-2H3;5-6,11-13,15-16,18,32H,4,7-10,14H2,1-3H3;4-5,12-16,31H,3,6-11H2,1-2H3/t19-;;18-;/m1.1./s1. The number of nitrogens with zero attached hydrogens (tertiary/aromatic N) is 24. The summed E-state index contributed by atoms with van der Waals surface area (Å²) in [6.07, 6.45) is 35.3. The van der Waals surface area contributed by atoms with Crippen molar-refractivity contribution in [1.29, 1.82) is 0 Å². The first-order valence-electron chi connectivity index (χ1n) is 47.4. The van der Waals surface area contributed by atoms with Crippen LogP contribution in [0.3, 0.4) is 0 Å². The van der Waals surface area contributed by atoms with Crippen LogP contribution < -0.4 is 41.8 Å². The molecule has 0 spiro atoms. The molecule has 16 aromatic rings. The van der Waals surface area contributed by atoms with Gasteiger partial charge in [0.15, 0.2) is 0 Å². The SMILES string of the molecule is CCc1cc(-c2cc(=O)n3cc(N4CCN(C5CCC5)CC4)ccc3n2)cn2cc(C)nc12.CCc1cc(-c2cc(=O)n3cc(N4CCN(C5CCC5)[C@H](C)C4)ccc3n2)cn2cc(C)nc12.CCc1cc(-c2cc(=O)n3cc(N4CCN(CCO)CC4)ccc3n2)cn2cc(C)nc12.CCc1cc(-c2cc(=O)n3cc(N4CCN(CCO)[C@H](C)C4)ccc3n2)cn2cc(C)nc12. The highest BCUT2D eigenvalue weighted by Crippen LogP contribution is 2.34. The normalized spacial score (nSPS) is 17.5. The number of hydrogen-bond donors (Lipinski definition) is 2. The lowest BCUT2D eigenvalue weighted by Crippen LogP contribution is -2.57. The minimum Gasteiger partial charge on any atom is -0.395 e. The number of aryl methyl sites for hydroxylation is 8. The zero-order chi connectivity index (χ0) is 91.3. The van der Waals surface area contributed by atoms with Gasteiger partial charge >= 0.3 is 0 Å². The molecule has 132 heavy (non-hydrogen) atoms. The van der Waals surface area contributed by atoms with Crippen molar-refractivity contribution >= 4 is 67.9 Å². The number of pyridine rings is 8. The summed E-state index contributed by atoms with van der Waals surface area (Å²) in [7, 11) is 0. The molecule has 0 amide bonds. The van der Waals surface area contributed by atoms with E-state index in [-0.39, 0.29) is 35.5 Å². The van der Waals surface area contributed by atoms with Gasteiger partial charge in [0, 0.05) is 250 Å². The van der Waals surface area contributed by atoms with Crippen molar-refractivity contribution in [2.75, 3.05) is 138 Å². The Hall–Kier alpha value is -12.8. The number of aliphatic hydroxyl groups excluding tert-OH is 2. The van der Waals surface area contributed by atoms with Crippen LogP contribution in [-0.2, 0) is 25.7 Å². The van der Waals surface area contributed by atoms with E-state index in [1.807, 2.05) is 156 Å². The molecule has 684 valence electrons. The van der Waals surface area contributed by atoms with Crippen LogP contribution in [0.5, 0.6) is 0 Å². The minimum atomic E-state index is -0.0937. The maximum absolute atomic E-state index is 13.2. The molecular formula is C102H120N24O6. The van der Waals surface area contributed by atoms with Crippen molar-refractivity contribution in [3.05, 3.63) is 258 Å². The summed E-state index contributed by atoms with van der Waals surface area (Å²) in [5.74, 6) is 0. The zero-order valence-electron chi connectivity index (χ0n) is 77.5. The Morgan fingerprint density at radius 2 is 0.636 bits per heavy atom. The Morgan fingerprint density at radius 3 is 0.939 bits per heavy atom. The van der Waals surface area contributed by atoms with Gasteiger partial charge in [-0.25, -0.2) is 39.9 Å². The van der Waals surface area contributed by atoms with Crippen molar-refractivity contribution < 1.29 is 10.2 Å². The lowest BCUT2D eigenvalue weighted by Gasteiger charge is -2.47. The van der Waals surface area contributed by atoms with Gasteiger partial charge in [-0.1, -0.05) is 40.5 Å². The van der Waals surface area contributed by atoms with E-state index in [0.717, 1.165) is 242 Å². The number of anilines is 4. The Labute approximate surface area is 766 Å².